The minimum Gasteiger partial charge on any atom is -0.382 e. The number of anilines is 1. The third-order valence-corrected chi connectivity index (χ3v) is 4.29. The number of rotatable bonds is 5. The van der Waals surface area contributed by atoms with Crippen LogP contribution in [0.1, 0.15) is 17.5 Å². The predicted molar refractivity (Wildman–Crippen MR) is 98.8 cm³/mol. The predicted octanol–water partition coefficient (Wildman–Crippen LogP) is 3.34. The van der Waals surface area contributed by atoms with Crippen LogP contribution in [0.25, 0.3) is 0 Å². The number of benzene rings is 2. The van der Waals surface area contributed by atoms with Crippen LogP contribution < -0.4 is 5.32 Å². The Balaban J connectivity index is 1.34. The van der Waals surface area contributed by atoms with Crippen molar-refractivity contribution in [2.24, 2.45) is 5.16 Å². The second-order valence-corrected chi connectivity index (χ2v) is 6.36. The van der Waals surface area contributed by atoms with E-state index in [0.717, 1.165) is 5.56 Å². The van der Waals surface area contributed by atoms with E-state index in [9.17, 15) is 13.6 Å². The average molecular weight is 382 g/mol. The van der Waals surface area contributed by atoms with Gasteiger partial charge in [-0.15, -0.1) is 0 Å². The molecular weight excluding hydrogens is 366 g/mol. The fraction of sp³-hybridized carbons (Fsp3) is 0.150. The van der Waals surface area contributed by atoms with Crippen LogP contribution in [0.15, 0.2) is 65.9 Å². The molecule has 1 N–H and O–H groups in total. The largest absolute Gasteiger partial charge is 0.382 e. The van der Waals surface area contributed by atoms with Crippen LogP contribution >= 0.6 is 0 Å². The third-order valence-electron chi connectivity index (χ3n) is 4.29. The van der Waals surface area contributed by atoms with Crippen molar-refractivity contribution in [1.29, 1.82) is 0 Å². The molecule has 1 atom stereocenters. The summed E-state index contributed by atoms with van der Waals surface area (Å²) in [5.74, 6) is -0.622. The maximum atomic E-state index is 13.0. The lowest BCUT2D eigenvalue weighted by Gasteiger charge is -2.07. The number of nitrogens with one attached hydrogen (secondary N) is 1. The Morgan fingerprint density at radius 1 is 1.07 bits per heavy atom. The molecule has 8 heteroatoms. The number of amides is 1. The Morgan fingerprint density at radius 3 is 2.46 bits per heavy atom. The molecule has 0 bridgehead atoms. The summed E-state index contributed by atoms with van der Waals surface area (Å²) in [6.45, 7) is 0.452. The van der Waals surface area contributed by atoms with Crippen molar-refractivity contribution in [1.82, 2.24) is 9.78 Å². The average Bonchev–Trinajstić information content (AvgIpc) is 3.34. The first-order valence-corrected chi connectivity index (χ1v) is 8.64. The van der Waals surface area contributed by atoms with Gasteiger partial charge in [0.1, 0.15) is 11.6 Å². The van der Waals surface area contributed by atoms with Crippen LogP contribution in [-0.2, 0) is 16.2 Å². The number of carbonyl (C=O) groups is 1. The molecule has 142 valence electrons. The molecule has 0 fully saturated rings. The number of nitrogens with zero attached hydrogens (tertiary/aromatic N) is 3. The molecule has 0 saturated carbocycles. The van der Waals surface area contributed by atoms with Gasteiger partial charge in [0, 0.05) is 18.7 Å². The Hall–Kier alpha value is -3.55. The molecule has 2 heterocycles. The van der Waals surface area contributed by atoms with Crippen molar-refractivity contribution in [2.75, 3.05) is 5.32 Å². The number of hydrogen-bond acceptors (Lipinski definition) is 4. The number of aromatic nitrogens is 2. The van der Waals surface area contributed by atoms with E-state index in [4.69, 9.17) is 4.84 Å². The van der Waals surface area contributed by atoms with Crippen molar-refractivity contribution in [2.45, 2.75) is 19.1 Å². The zero-order chi connectivity index (χ0) is 19.5. The van der Waals surface area contributed by atoms with Gasteiger partial charge in [-0.3, -0.25) is 9.48 Å². The first-order chi connectivity index (χ1) is 13.6. The van der Waals surface area contributed by atoms with Crippen LogP contribution in [-0.4, -0.2) is 27.5 Å². The van der Waals surface area contributed by atoms with E-state index < -0.39 is 6.10 Å². The van der Waals surface area contributed by atoms with Crippen molar-refractivity contribution < 1.29 is 18.4 Å². The van der Waals surface area contributed by atoms with E-state index in [1.165, 1.54) is 24.3 Å². The van der Waals surface area contributed by atoms with E-state index in [1.54, 1.807) is 41.2 Å². The molecule has 1 amide bonds. The molecule has 28 heavy (non-hydrogen) atoms. The van der Waals surface area contributed by atoms with Crippen molar-refractivity contribution in [3.05, 3.63) is 83.6 Å². The quantitative estimate of drug-likeness (QED) is 0.736. The Labute approximate surface area is 159 Å². The van der Waals surface area contributed by atoms with Crippen LogP contribution in [0.5, 0.6) is 0 Å². The van der Waals surface area contributed by atoms with Crippen LogP contribution in [0.4, 0.5) is 14.6 Å². The molecule has 1 unspecified atom stereocenters. The molecule has 4 rings (SSSR count). The molecule has 2 aromatic carbocycles. The lowest BCUT2D eigenvalue weighted by Crippen LogP contribution is -2.28. The summed E-state index contributed by atoms with van der Waals surface area (Å²) in [5, 5.41) is 10.9. The number of oxime groups is 1. The van der Waals surface area contributed by atoms with Crippen molar-refractivity contribution in [3.63, 3.8) is 0 Å². The monoisotopic (exact) mass is 382 g/mol. The molecule has 3 aromatic rings. The number of hydrogen-bond donors (Lipinski definition) is 1. The van der Waals surface area contributed by atoms with E-state index in [-0.39, 0.29) is 24.0 Å². The zero-order valence-corrected chi connectivity index (χ0v) is 14.7. The van der Waals surface area contributed by atoms with Crippen LogP contribution in [0, 0.1) is 11.6 Å². The fourth-order valence-electron chi connectivity index (χ4n) is 2.83. The van der Waals surface area contributed by atoms with Crippen LogP contribution in [0.2, 0.25) is 0 Å². The van der Waals surface area contributed by atoms with Gasteiger partial charge in [-0.25, -0.2) is 8.78 Å². The fourth-order valence-corrected chi connectivity index (χ4v) is 2.83. The van der Waals surface area contributed by atoms with E-state index in [1.807, 2.05) is 0 Å². The van der Waals surface area contributed by atoms with Gasteiger partial charge in [-0.2, -0.15) is 5.10 Å². The Morgan fingerprint density at radius 2 is 1.75 bits per heavy atom. The van der Waals surface area contributed by atoms with E-state index >= 15 is 0 Å². The summed E-state index contributed by atoms with van der Waals surface area (Å²) in [6, 6.07) is 13.6. The first-order valence-electron chi connectivity index (χ1n) is 8.64. The maximum absolute atomic E-state index is 13.0. The molecule has 0 saturated heterocycles. The Kier molecular flexibility index (Phi) is 4.84. The highest BCUT2D eigenvalue weighted by Gasteiger charge is 2.29. The van der Waals surface area contributed by atoms with E-state index in [2.05, 4.69) is 15.6 Å². The second-order valence-electron chi connectivity index (χ2n) is 6.36. The molecule has 1 aliphatic rings. The number of carbonyl (C=O) groups excluding carboxylic acids is 1. The molecule has 6 nitrogen and oxygen atoms in total. The van der Waals surface area contributed by atoms with Gasteiger partial charge in [0.15, 0.2) is 5.82 Å². The SMILES string of the molecule is O=C(Nc1ccn(Cc2ccc(F)cc2)n1)C1CC(c2ccc(F)cc2)=NO1. The highest BCUT2D eigenvalue weighted by atomic mass is 19.1. The topological polar surface area (TPSA) is 68.5 Å². The van der Waals surface area contributed by atoms with Gasteiger partial charge in [-0.1, -0.05) is 29.4 Å². The standard InChI is InChI=1S/C20H16F2N4O2/c21-15-5-1-13(2-6-15)12-26-10-9-19(24-26)23-20(27)18-11-17(25-28-18)14-3-7-16(22)8-4-14/h1-10,18H,11-12H2,(H,23,24,27). The minimum atomic E-state index is -0.776. The van der Waals surface area contributed by atoms with Crippen LogP contribution in [0.3, 0.4) is 0 Å². The highest BCUT2D eigenvalue weighted by Crippen LogP contribution is 2.18. The van der Waals surface area contributed by atoms with Crippen molar-refractivity contribution in [3.8, 4) is 0 Å². The number of halogens is 2. The molecule has 1 aromatic heterocycles. The summed E-state index contributed by atoms with van der Waals surface area (Å²) in [5.41, 5.74) is 2.18. The first kappa shape index (κ1) is 17.8. The lowest BCUT2D eigenvalue weighted by molar-refractivity contribution is -0.125. The van der Waals surface area contributed by atoms with Gasteiger partial charge in [0.2, 0.25) is 6.10 Å². The summed E-state index contributed by atoms with van der Waals surface area (Å²) in [6.07, 6.45) is 1.23. The molecule has 1 aliphatic heterocycles. The summed E-state index contributed by atoms with van der Waals surface area (Å²) >= 11 is 0. The maximum Gasteiger partial charge on any atom is 0.269 e. The van der Waals surface area contributed by atoms with Crippen molar-refractivity contribution >= 4 is 17.4 Å². The molecule has 0 aliphatic carbocycles. The molecular formula is C20H16F2N4O2. The third kappa shape index (κ3) is 4.06. The van der Waals surface area contributed by atoms with Gasteiger partial charge in [-0.05, 0) is 35.4 Å². The van der Waals surface area contributed by atoms with Gasteiger partial charge in [0.05, 0.1) is 12.3 Å². The normalized spacial score (nSPS) is 15.8. The smallest absolute Gasteiger partial charge is 0.269 e. The summed E-state index contributed by atoms with van der Waals surface area (Å²) in [7, 11) is 0. The van der Waals surface area contributed by atoms with Gasteiger partial charge >= 0.3 is 0 Å². The van der Waals surface area contributed by atoms with Gasteiger partial charge < -0.3 is 10.2 Å². The second kappa shape index (κ2) is 7.59. The zero-order valence-electron chi connectivity index (χ0n) is 14.7. The molecule has 0 radical (unpaired) electrons. The van der Waals surface area contributed by atoms with Gasteiger partial charge in [0.25, 0.3) is 5.91 Å². The minimum absolute atomic E-state index is 0.285. The summed E-state index contributed by atoms with van der Waals surface area (Å²) in [4.78, 5) is 17.6. The molecule has 0 spiro atoms. The lowest BCUT2D eigenvalue weighted by atomic mass is 10.0. The highest BCUT2D eigenvalue weighted by molar-refractivity contribution is 6.05. The van der Waals surface area contributed by atoms with E-state index in [0.29, 0.717) is 23.6 Å². The summed E-state index contributed by atoms with van der Waals surface area (Å²) < 4.78 is 27.6. The Bertz CT molecular complexity index is 1010.